The molecule has 2 aromatic rings. The van der Waals surface area contributed by atoms with Gasteiger partial charge in [-0.15, -0.1) is 11.8 Å². The number of aliphatic hydroxyl groups excluding tert-OH is 1. The van der Waals surface area contributed by atoms with Crippen molar-refractivity contribution in [2.75, 3.05) is 23.8 Å². The molecular weight excluding hydrogens is 526 g/mol. The molecule has 2 bridgehead atoms. The minimum Gasteiger partial charge on any atom is -0.494 e. The summed E-state index contributed by atoms with van der Waals surface area (Å²) in [6, 6.07) is 12.6. The molecule has 8 nitrogen and oxygen atoms in total. The first-order valence-corrected chi connectivity index (χ1v) is 14.3. The molecule has 3 saturated heterocycles. The molecule has 3 aliphatic rings. The Bertz CT molecular complexity index is 1210. The molecule has 0 radical (unpaired) electrons. The number of nitrogens with zero attached hydrogens (tertiary/aromatic N) is 1. The lowest BCUT2D eigenvalue weighted by atomic mass is 9.70. The van der Waals surface area contributed by atoms with Crippen molar-refractivity contribution in [1.82, 2.24) is 4.90 Å². The highest BCUT2D eigenvalue weighted by Gasteiger charge is 2.74. The molecule has 3 fully saturated rings. The Kier molecular flexibility index (Phi) is 7.62. The number of carbonyl (C=O) groups is 3. The summed E-state index contributed by atoms with van der Waals surface area (Å²) in [6.45, 7) is 4.08. The Morgan fingerprint density at radius 1 is 1.11 bits per heavy atom. The molecule has 0 saturated carbocycles. The number of ether oxygens (including phenoxy) is 1. The van der Waals surface area contributed by atoms with E-state index in [0.29, 0.717) is 41.6 Å². The van der Waals surface area contributed by atoms with E-state index < -0.39 is 28.7 Å². The normalized spacial score (nSPS) is 28.2. The highest BCUT2D eigenvalue weighted by molar-refractivity contribution is 8.02. The smallest absolute Gasteiger partial charge is 0.248 e. The number of hydrogen-bond donors (Lipinski definition) is 3. The summed E-state index contributed by atoms with van der Waals surface area (Å²) in [5.41, 5.74) is 1.20. The minimum absolute atomic E-state index is 0.0613. The Morgan fingerprint density at radius 3 is 2.34 bits per heavy atom. The minimum atomic E-state index is -0.800. The van der Waals surface area contributed by atoms with Gasteiger partial charge in [0.1, 0.15) is 11.8 Å². The molecule has 10 heteroatoms. The second-order valence-electron chi connectivity index (χ2n) is 9.99. The van der Waals surface area contributed by atoms with Crippen LogP contribution in [0, 0.1) is 11.8 Å². The van der Waals surface area contributed by atoms with Crippen molar-refractivity contribution in [3.05, 3.63) is 53.6 Å². The van der Waals surface area contributed by atoms with E-state index in [4.69, 9.17) is 16.3 Å². The lowest BCUT2D eigenvalue weighted by molar-refractivity contribution is -0.141. The Labute approximate surface area is 231 Å². The number of likely N-dealkylation sites (tertiary alicyclic amines) is 1. The fourth-order valence-corrected chi connectivity index (χ4v) is 8.60. The van der Waals surface area contributed by atoms with E-state index in [2.05, 4.69) is 10.6 Å². The Morgan fingerprint density at radius 2 is 1.74 bits per heavy atom. The highest BCUT2D eigenvalue weighted by atomic mass is 35.5. The first kappa shape index (κ1) is 26.8. The van der Waals surface area contributed by atoms with E-state index in [0.717, 1.165) is 6.42 Å². The van der Waals surface area contributed by atoms with Crippen molar-refractivity contribution in [3.8, 4) is 5.75 Å². The van der Waals surface area contributed by atoms with Crippen molar-refractivity contribution in [2.24, 2.45) is 11.8 Å². The molecule has 3 amide bonds. The van der Waals surface area contributed by atoms with Gasteiger partial charge in [-0.3, -0.25) is 14.4 Å². The molecule has 3 heterocycles. The molecule has 3 N–H and O–H groups in total. The topological polar surface area (TPSA) is 108 Å². The maximum atomic E-state index is 14.0. The van der Waals surface area contributed by atoms with Gasteiger partial charge in [0.25, 0.3) is 0 Å². The van der Waals surface area contributed by atoms with Crippen LogP contribution in [0.25, 0.3) is 0 Å². The molecule has 5 rings (SSSR count). The van der Waals surface area contributed by atoms with Crippen molar-refractivity contribution in [1.29, 1.82) is 0 Å². The van der Waals surface area contributed by atoms with Crippen LogP contribution < -0.4 is 15.4 Å². The quantitative estimate of drug-likeness (QED) is 0.427. The van der Waals surface area contributed by atoms with Crippen molar-refractivity contribution in [2.45, 2.75) is 55.2 Å². The molecule has 2 aromatic carbocycles. The number of fused-ring (bicyclic) bond motifs is 1. The third-order valence-corrected chi connectivity index (χ3v) is 10.1. The van der Waals surface area contributed by atoms with Gasteiger partial charge in [0, 0.05) is 21.6 Å². The van der Waals surface area contributed by atoms with E-state index in [1.807, 2.05) is 13.8 Å². The fraction of sp³-hybridized carbons (Fsp3) is 0.464. The number of thioether (sulfide) groups is 1. The molecular formula is C28H32ClN3O5S. The van der Waals surface area contributed by atoms with Crippen LogP contribution in [0.2, 0.25) is 5.02 Å². The molecule has 202 valence electrons. The van der Waals surface area contributed by atoms with Gasteiger partial charge >= 0.3 is 0 Å². The molecule has 2 unspecified atom stereocenters. The van der Waals surface area contributed by atoms with Gasteiger partial charge in [-0.1, -0.05) is 18.5 Å². The summed E-state index contributed by atoms with van der Waals surface area (Å²) in [4.78, 5) is 43.0. The van der Waals surface area contributed by atoms with Crippen molar-refractivity contribution < 1.29 is 24.2 Å². The highest BCUT2D eigenvalue weighted by Crippen LogP contribution is 2.66. The van der Waals surface area contributed by atoms with E-state index in [9.17, 15) is 19.5 Å². The van der Waals surface area contributed by atoms with Crippen molar-refractivity contribution >= 4 is 52.5 Å². The second-order valence-corrected chi connectivity index (χ2v) is 12.0. The number of nitrogens with one attached hydrogen (secondary N) is 2. The molecule has 0 aromatic heterocycles. The van der Waals surface area contributed by atoms with E-state index in [-0.39, 0.29) is 29.6 Å². The van der Waals surface area contributed by atoms with Gasteiger partial charge < -0.3 is 25.4 Å². The summed E-state index contributed by atoms with van der Waals surface area (Å²) in [5, 5.41) is 16.6. The number of benzene rings is 2. The average Bonchev–Trinajstić information content (AvgIpc) is 3.55. The van der Waals surface area contributed by atoms with Crippen molar-refractivity contribution in [3.63, 3.8) is 0 Å². The predicted octanol–water partition coefficient (Wildman–Crippen LogP) is 4.18. The number of hydrogen-bond acceptors (Lipinski definition) is 6. The summed E-state index contributed by atoms with van der Waals surface area (Å²) in [7, 11) is 0. The molecule has 0 aliphatic carbocycles. The maximum absolute atomic E-state index is 14.0. The fourth-order valence-electron chi connectivity index (χ4n) is 6.27. The number of halogens is 1. The number of anilines is 2. The zero-order valence-corrected chi connectivity index (χ0v) is 22.9. The lowest BCUT2D eigenvalue weighted by Gasteiger charge is -2.36. The van der Waals surface area contributed by atoms with Gasteiger partial charge in [-0.05, 0) is 74.7 Å². The van der Waals surface area contributed by atoms with Crippen LogP contribution in [-0.2, 0) is 14.4 Å². The zero-order valence-electron chi connectivity index (χ0n) is 21.4. The Balaban J connectivity index is 1.44. The number of rotatable bonds is 9. The van der Waals surface area contributed by atoms with Crippen LogP contribution in [0.3, 0.4) is 0 Å². The first-order valence-electron chi connectivity index (χ1n) is 13.0. The van der Waals surface area contributed by atoms with E-state index in [1.165, 1.54) is 0 Å². The summed E-state index contributed by atoms with van der Waals surface area (Å²) >= 11 is 7.60. The van der Waals surface area contributed by atoms with Gasteiger partial charge in [-0.25, -0.2) is 0 Å². The van der Waals surface area contributed by atoms with Crippen LogP contribution in [0.5, 0.6) is 5.75 Å². The molecule has 3 aliphatic heterocycles. The number of carbonyl (C=O) groups excluding carboxylic acids is 3. The number of aliphatic hydroxyl groups is 1. The first-order chi connectivity index (χ1) is 18.3. The van der Waals surface area contributed by atoms with Crippen LogP contribution in [0.4, 0.5) is 11.4 Å². The van der Waals surface area contributed by atoms with E-state index in [1.54, 1.807) is 65.2 Å². The van der Waals surface area contributed by atoms with Crippen LogP contribution >= 0.6 is 23.4 Å². The van der Waals surface area contributed by atoms with Gasteiger partial charge in [0.05, 0.1) is 35.8 Å². The van der Waals surface area contributed by atoms with Crippen LogP contribution in [0.1, 0.15) is 33.1 Å². The maximum Gasteiger partial charge on any atom is 0.248 e. The standard InChI is InChI=1S/C28H32ClN3O5S/c1-3-19(15-33)32-24(26(35)31-17-7-5-16(29)6-8-17)28-14-13-21(38-28)22(23(28)27(32)36)25(34)30-18-9-11-20(12-10-18)37-4-2/h5-12,19,21-24,33H,3-4,13-15H2,1-2H3,(H,30,34)(H,31,35)/t19-,21-,22+,23-,24?,28?/m0/s1. The molecule has 1 spiro atoms. The van der Waals surface area contributed by atoms with E-state index >= 15 is 0 Å². The number of amides is 3. The summed E-state index contributed by atoms with van der Waals surface area (Å²) in [5.74, 6) is -1.26. The second kappa shape index (κ2) is 10.8. The third kappa shape index (κ3) is 4.54. The van der Waals surface area contributed by atoms with Crippen LogP contribution in [-0.4, -0.2) is 63.0 Å². The molecule has 6 atom stereocenters. The monoisotopic (exact) mass is 557 g/mol. The average molecular weight is 558 g/mol. The summed E-state index contributed by atoms with van der Waals surface area (Å²) < 4.78 is 4.75. The third-order valence-electron chi connectivity index (χ3n) is 7.91. The van der Waals surface area contributed by atoms with Gasteiger partial charge in [0.2, 0.25) is 17.7 Å². The van der Waals surface area contributed by atoms with Gasteiger partial charge in [-0.2, -0.15) is 0 Å². The predicted molar refractivity (Wildman–Crippen MR) is 148 cm³/mol. The van der Waals surface area contributed by atoms with Gasteiger partial charge in [0.15, 0.2) is 0 Å². The van der Waals surface area contributed by atoms with Crippen LogP contribution in [0.15, 0.2) is 48.5 Å². The SMILES string of the molecule is CCOc1ccc(NC(=O)[C@@H]2[C@@H]3CCC4(S3)C(C(=O)Nc3ccc(Cl)cc3)N([C@@H](CC)CO)C(=O)[C@H]24)cc1. The largest absolute Gasteiger partial charge is 0.494 e. The Hall–Kier alpha value is -2.75. The zero-order chi connectivity index (χ0) is 27.0. The lowest BCUT2D eigenvalue weighted by Crippen LogP contribution is -2.54. The molecule has 38 heavy (non-hydrogen) atoms. The summed E-state index contributed by atoms with van der Waals surface area (Å²) in [6.07, 6.45) is 1.89.